The molecule has 0 fully saturated rings. The number of hydrogen-bond acceptors (Lipinski definition) is 4. The highest BCUT2D eigenvalue weighted by Gasteiger charge is 2.24. The molecule has 0 saturated carbocycles. The van der Waals surface area contributed by atoms with Crippen LogP contribution in [0, 0.1) is 6.92 Å². The third kappa shape index (κ3) is 3.57. The van der Waals surface area contributed by atoms with E-state index >= 15 is 0 Å². The molecule has 0 aliphatic carbocycles. The monoisotopic (exact) mass is 411 g/mol. The summed E-state index contributed by atoms with van der Waals surface area (Å²) in [6, 6.07) is 16.5. The largest absolute Gasteiger partial charge is 0.344 e. The minimum Gasteiger partial charge on any atom is -0.344 e. The predicted molar refractivity (Wildman–Crippen MR) is 112 cm³/mol. The summed E-state index contributed by atoms with van der Waals surface area (Å²) >= 11 is 8.05. The number of carbonyl (C=O) groups excluding carboxylic acids is 1. The maximum atomic E-state index is 12.9. The van der Waals surface area contributed by atoms with Gasteiger partial charge in [0.05, 0.1) is 16.8 Å². The molecule has 1 aliphatic heterocycles. The number of para-hydroxylation sites is 1. The molecule has 0 radical (unpaired) electrons. The van der Waals surface area contributed by atoms with Crippen LogP contribution in [0.15, 0.2) is 64.3 Å². The molecule has 4 rings (SSSR count). The lowest BCUT2D eigenvalue weighted by atomic mass is 10.0. The zero-order chi connectivity index (χ0) is 19.7. The highest BCUT2D eigenvalue weighted by atomic mass is 35.5. The molecule has 0 bridgehead atoms. The third-order valence-corrected chi connectivity index (χ3v) is 6.11. The van der Waals surface area contributed by atoms with Crippen molar-refractivity contribution in [2.24, 2.45) is 0 Å². The standard InChI is InChI=1S/C21H18ClN3O2S/c1-13-12-18(26)20(24-25(13)17-8-4-3-7-15(17)22)21(27)23-16-10-11-28-19-9-5-2-6-14(16)19/h2-9,12,16H,10-11H2,1H3,(H,23,27)/t16-/m0/s1. The average molecular weight is 412 g/mol. The van der Waals surface area contributed by atoms with Crippen LogP contribution in [0.1, 0.15) is 34.2 Å². The van der Waals surface area contributed by atoms with Crippen LogP contribution in [0.5, 0.6) is 0 Å². The molecule has 5 nitrogen and oxygen atoms in total. The van der Waals surface area contributed by atoms with E-state index in [1.807, 2.05) is 36.4 Å². The fourth-order valence-electron chi connectivity index (χ4n) is 3.29. The highest BCUT2D eigenvalue weighted by Crippen LogP contribution is 2.35. The normalized spacial score (nSPS) is 15.7. The number of amides is 1. The van der Waals surface area contributed by atoms with E-state index < -0.39 is 11.3 Å². The van der Waals surface area contributed by atoms with Crippen molar-refractivity contribution < 1.29 is 4.79 Å². The fraction of sp³-hybridized carbons (Fsp3) is 0.190. The maximum Gasteiger partial charge on any atom is 0.276 e. The molecule has 0 saturated heterocycles. The van der Waals surface area contributed by atoms with Gasteiger partial charge >= 0.3 is 0 Å². The van der Waals surface area contributed by atoms with Crippen molar-refractivity contribution in [3.8, 4) is 5.69 Å². The number of aromatic nitrogens is 2. The van der Waals surface area contributed by atoms with Gasteiger partial charge in [0, 0.05) is 22.4 Å². The van der Waals surface area contributed by atoms with Crippen molar-refractivity contribution in [3.63, 3.8) is 0 Å². The summed E-state index contributed by atoms with van der Waals surface area (Å²) in [5, 5.41) is 7.80. The van der Waals surface area contributed by atoms with Gasteiger partial charge in [-0.25, -0.2) is 4.68 Å². The Hall–Kier alpha value is -2.57. The van der Waals surface area contributed by atoms with E-state index in [1.54, 1.807) is 30.8 Å². The number of halogens is 1. The highest BCUT2D eigenvalue weighted by molar-refractivity contribution is 7.99. The second-order valence-electron chi connectivity index (χ2n) is 6.56. The Morgan fingerprint density at radius 1 is 1.21 bits per heavy atom. The zero-order valence-corrected chi connectivity index (χ0v) is 16.8. The van der Waals surface area contributed by atoms with Crippen molar-refractivity contribution in [3.05, 3.63) is 86.8 Å². The van der Waals surface area contributed by atoms with Crippen molar-refractivity contribution in [2.75, 3.05) is 5.75 Å². The number of nitrogens with one attached hydrogen (secondary N) is 1. The van der Waals surface area contributed by atoms with Gasteiger partial charge in [0.15, 0.2) is 5.69 Å². The van der Waals surface area contributed by atoms with Crippen LogP contribution in [-0.2, 0) is 0 Å². The first kappa shape index (κ1) is 18.8. The van der Waals surface area contributed by atoms with E-state index in [9.17, 15) is 9.59 Å². The van der Waals surface area contributed by atoms with Crippen LogP contribution in [-0.4, -0.2) is 21.4 Å². The van der Waals surface area contributed by atoms with Gasteiger partial charge in [-0.1, -0.05) is 41.9 Å². The van der Waals surface area contributed by atoms with Gasteiger partial charge in [0.25, 0.3) is 5.91 Å². The molecule has 1 N–H and O–H groups in total. The van der Waals surface area contributed by atoms with Gasteiger partial charge in [-0.2, -0.15) is 5.10 Å². The first-order valence-electron chi connectivity index (χ1n) is 8.93. The van der Waals surface area contributed by atoms with Gasteiger partial charge in [-0.15, -0.1) is 11.8 Å². The minimum absolute atomic E-state index is 0.138. The van der Waals surface area contributed by atoms with Crippen LogP contribution in [0.2, 0.25) is 5.02 Å². The van der Waals surface area contributed by atoms with Gasteiger partial charge in [0.1, 0.15) is 0 Å². The molecule has 0 spiro atoms. The summed E-state index contributed by atoms with van der Waals surface area (Å²) in [5.74, 6) is 0.435. The summed E-state index contributed by atoms with van der Waals surface area (Å²) in [6.45, 7) is 1.76. The van der Waals surface area contributed by atoms with Crippen molar-refractivity contribution in [2.45, 2.75) is 24.3 Å². The summed E-state index contributed by atoms with van der Waals surface area (Å²) in [6.07, 6.45) is 0.804. The quantitative estimate of drug-likeness (QED) is 0.702. The molecule has 3 aromatic rings. The molecule has 2 aromatic carbocycles. The smallest absolute Gasteiger partial charge is 0.276 e. The Bertz CT molecular complexity index is 1110. The topological polar surface area (TPSA) is 64.0 Å². The van der Waals surface area contributed by atoms with Gasteiger partial charge < -0.3 is 5.32 Å². The Morgan fingerprint density at radius 2 is 1.96 bits per heavy atom. The van der Waals surface area contributed by atoms with Crippen LogP contribution in [0.4, 0.5) is 0 Å². The molecular weight excluding hydrogens is 394 g/mol. The molecule has 1 aliphatic rings. The molecular formula is C21H18ClN3O2S. The predicted octanol–water partition coefficient (Wildman–Crippen LogP) is 4.16. The number of rotatable bonds is 3. The van der Waals surface area contributed by atoms with E-state index in [-0.39, 0.29) is 11.7 Å². The second-order valence-corrected chi connectivity index (χ2v) is 8.11. The summed E-state index contributed by atoms with van der Waals surface area (Å²) in [7, 11) is 0. The zero-order valence-electron chi connectivity index (χ0n) is 15.2. The lowest BCUT2D eigenvalue weighted by molar-refractivity contribution is 0.0927. The summed E-state index contributed by atoms with van der Waals surface area (Å²) in [5.41, 5.74) is 1.76. The molecule has 1 aromatic heterocycles. The van der Waals surface area contributed by atoms with E-state index in [4.69, 9.17) is 11.6 Å². The molecule has 7 heteroatoms. The lowest BCUT2D eigenvalue weighted by Gasteiger charge is -2.25. The van der Waals surface area contributed by atoms with Crippen LogP contribution < -0.4 is 10.7 Å². The van der Waals surface area contributed by atoms with Crippen molar-refractivity contribution in [1.29, 1.82) is 0 Å². The summed E-state index contributed by atoms with van der Waals surface area (Å²) < 4.78 is 1.53. The average Bonchev–Trinajstić information content (AvgIpc) is 2.69. The third-order valence-electron chi connectivity index (χ3n) is 4.67. The molecule has 142 valence electrons. The van der Waals surface area contributed by atoms with E-state index in [0.717, 1.165) is 22.6 Å². The van der Waals surface area contributed by atoms with E-state index in [0.29, 0.717) is 16.4 Å². The maximum absolute atomic E-state index is 12.9. The van der Waals surface area contributed by atoms with Gasteiger partial charge in [0.2, 0.25) is 5.43 Å². The Morgan fingerprint density at radius 3 is 2.79 bits per heavy atom. The lowest BCUT2D eigenvalue weighted by Crippen LogP contribution is -2.35. The van der Waals surface area contributed by atoms with Crippen molar-refractivity contribution >= 4 is 29.3 Å². The van der Waals surface area contributed by atoms with Gasteiger partial charge in [-0.05, 0) is 37.1 Å². The minimum atomic E-state index is -0.475. The number of carbonyl (C=O) groups is 1. The van der Waals surface area contributed by atoms with Crippen LogP contribution >= 0.6 is 23.4 Å². The number of aryl methyl sites for hydroxylation is 1. The molecule has 2 heterocycles. The molecule has 0 unspecified atom stereocenters. The number of thioether (sulfide) groups is 1. The Labute approximate surface area is 171 Å². The van der Waals surface area contributed by atoms with Gasteiger partial charge in [-0.3, -0.25) is 9.59 Å². The fourth-order valence-corrected chi connectivity index (χ4v) is 4.63. The van der Waals surface area contributed by atoms with E-state index in [2.05, 4.69) is 10.4 Å². The Kier molecular flexibility index (Phi) is 5.24. The van der Waals surface area contributed by atoms with Crippen LogP contribution in [0.25, 0.3) is 5.69 Å². The van der Waals surface area contributed by atoms with Crippen molar-refractivity contribution in [1.82, 2.24) is 15.1 Å². The number of nitrogens with zero attached hydrogens (tertiary/aromatic N) is 2. The number of fused-ring (bicyclic) bond motifs is 1. The first-order valence-corrected chi connectivity index (χ1v) is 10.3. The Balaban J connectivity index is 1.68. The number of hydrogen-bond donors (Lipinski definition) is 1. The second kappa shape index (κ2) is 7.81. The number of benzene rings is 2. The molecule has 1 amide bonds. The molecule has 28 heavy (non-hydrogen) atoms. The first-order chi connectivity index (χ1) is 13.5. The SMILES string of the molecule is Cc1cc(=O)c(C(=O)N[C@H]2CCSc3ccccc32)nn1-c1ccccc1Cl. The van der Waals surface area contributed by atoms with Crippen LogP contribution in [0.3, 0.4) is 0 Å². The summed E-state index contributed by atoms with van der Waals surface area (Å²) in [4.78, 5) is 26.5. The van der Waals surface area contributed by atoms with E-state index in [1.165, 1.54) is 10.7 Å². The molecule has 1 atom stereocenters.